The Bertz CT molecular complexity index is 526. The molecule has 5 heteroatoms. The third-order valence-electron chi connectivity index (χ3n) is 2.17. The van der Waals surface area contributed by atoms with Crippen molar-refractivity contribution in [2.75, 3.05) is 0 Å². The van der Waals surface area contributed by atoms with E-state index in [4.69, 9.17) is 11.1 Å². The summed E-state index contributed by atoms with van der Waals surface area (Å²) in [5.41, 5.74) is 7.23. The van der Waals surface area contributed by atoms with Crippen molar-refractivity contribution in [3.63, 3.8) is 0 Å². The van der Waals surface area contributed by atoms with Gasteiger partial charge in [-0.05, 0) is 36.4 Å². The van der Waals surface area contributed by atoms with Gasteiger partial charge in [-0.3, -0.25) is 5.41 Å². The van der Waals surface area contributed by atoms with Crippen LogP contribution in [-0.4, -0.2) is 10.8 Å². The highest BCUT2D eigenvalue weighted by atomic mass is 35.5. The van der Waals surface area contributed by atoms with E-state index in [1.165, 1.54) is 12.1 Å². The van der Waals surface area contributed by atoms with Gasteiger partial charge < -0.3 is 5.73 Å². The Balaban J connectivity index is 0.00000144. The van der Waals surface area contributed by atoms with Gasteiger partial charge in [0.15, 0.2) is 0 Å². The van der Waals surface area contributed by atoms with E-state index in [-0.39, 0.29) is 24.1 Å². The van der Waals surface area contributed by atoms with Gasteiger partial charge in [0.1, 0.15) is 17.3 Å². The predicted molar refractivity (Wildman–Crippen MR) is 67.9 cm³/mol. The Hall–Kier alpha value is -1.94. The van der Waals surface area contributed by atoms with Gasteiger partial charge in [-0.15, -0.1) is 12.4 Å². The SMILES string of the molecule is Cl.N=C(N)c1cccc(-c2ccc(F)cc2)n1. The second-order valence-corrected chi connectivity index (χ2v) is 3.33. The first-order valence-electron chi connectivity index (χ1n) is 4.74. The summed E-state index contributed by atoms with van der Waals surface area (Å²) >= 11 is 0. The third-order valence-corrected chi connectivity index (χ3v) is 2.17. The summed E-state index contributed by atoms with van der Waals surface area (Å²) in [4.78, 5) is 4.20. The summed E-state index contributed by atoms with van der Waals surface area (Å²) in [6.07, 6.45) is 0. The zero-order valence-electron chi connectivity index (χ0n) is 8.85. The minimum atomic E-state index is -0.286. The van der Waals surface area contributed by atoms with E-state index in [2.05, 4.69) is 4.98 Å². The van der Waals surface area contributed by atoms with Crippen molar-refractivity contribution in [1.29, 1.82) is 5.41 Å². The number of nitrogen functional groups attached to an aromatic ring is 1. The number of hydrogen-bond acceptors (Lipinski definition) is 2. The van der Waals surface area contributed by atoms with E-state index in [0.29, 0.717) is 11.4 Å². The van der Waals surface area contributed by atoms with E-state index >= 15 is 0 Å². The van der Waals surface area contributed by atoms with E-state index in [9.17, 15) is 4.39 Å². The molecule has 2 aromatic rings. The van der Waals surface area contributed by atoms with Gasteiger partial charge in [-0.1, -0.05) is 6.07 Å². The van der Waals surface area contributed by atoms with E-state index in [1.807, 2.05) is 0 Å². The molecule has 3 N–H and O–H groups in total. The molecule has 0 saturated heterocycles. The van der Waals surface area contributed by atoms with Gasteiger partial charge in [0.25, 0.3) is 0 Å². The largest absolute Gasteiger partial charge is 0.382 e. The van der Waals surface area contributed by atoms with Gasteiger partial charge in [0, 0.05) is 5.56 Å². The van der Waals surface area contributed by atoms with Crippen LogP contribution in [0.1, 0.15) is 5.69 Å². The maximum atomic E-state index is 12.7. The molecule has 0 spiro atoms. The summed E-state index contributed by atoms with van der Waals surface area (Å²) in [6.45, 7) is 0. The monoisotopic (exact) mass is 251 g/mol. The van der Waals surface area contributed by atoms with Crippen molar-refractivity contribution in [1.82, 2.24) is 4.98 Å². The summed E-state index contributed by atoms with van der Waals surface area (Å²) < 4.78 is 12.7. The molecule has 0 atom stereocenters. The molecule has 0 aliphatic heterocycles. The normalized spacial score (nSPS) is 9.47. The van der Waals surface area contributed by atoms with Crippen LogP contribution < -0.4 is 5.73 Å². The van der Waals surface area contributed by atoms with Gasteiger partial charge in [-0.25, -0.2) is 9.37 Å². The van der Waals surface area contributed by atoms with E-state index < -0.39 is 0 Å². The molecule has 2 rings (SSSR count). The fourth-order valence-electron chi connectivity index (χ4n) is 1.37. The van der Waals surface area contributed by atoms with Crippen LogP contribution in [0, 0.1) is 11.2 Å². The number of amidine groups is 1. The maximum absolute atomic E-state index is 12.7. The zero-order valence-corrected chi connectivity index (χ0v) is 9.67. The van der Waals surface area contributed by atoms with Crippen molar-refractivity contribution in [2.45, 2.75) is 0 Å². The van der Waals surface area contributed by atoms with E-state index in [0.717, 1.165) is 5.56 Å². The first-order valence-corrected chi connectivity index (χ1v) is 4.74. The van der Waals surface area contributed by atoms with Crippen LogP contribution in [0.4, 0.5) is 4.39 Å². The molecule has 0 saturated carbocycles. The van der Waals surface area contributed by atoms with Crippen molar-refractivity contribution in [2.24, 2.45) is 5.73 Å². The molecule has 0 fully saturated rings. The summed E-state index contributed by atoms with van der Waals surface area (Å²) in [5, 5.41) is 7.28. The molecule has 0 unspecified atom stereocenters. The molecule has 1 aromatic heterocycles. The molecule has 0 radical (unpaired) electrons. The molecular weight excluding hydrogens is 241 g/mol. The third kappa shape index (κ3) is 3.01. The molecule has 0 amide bonds. The van der Waals surface area contributed by atoms with Crippen LogP contribution >= 0.6 is 12.4 Å². The quantitative estimate of drug-likeness (QED) is 0.637. The zero-order chi connectivity index (χ0) is 11.5. The van der Waals surface area contributed by atoms with Gasteiger partial charge in [0.05, 0.1) is 5.69 Å². The van der Waals surface area contributed by atoms with E-state index in [1.54, 1.807) is 30.3 Å². The minimum absolute atomic E-state index is 0. The number of hydrogen-bond donors (Lipinski definition) is 2. The molecular formula is C12H11ClFN3. The highest BCUT2D eigenvalue weighted by molar-refractivity contribution is 5.93. The average Bonchev–Trinajstić information content (AvgIpc) is 2.30. The van der Waals surface area contributed by atoms with Crippen molar-refractivity contribution in [3.8, 4) is 11.3 Å². The number of pyridine rings is 1. The molecule has 1 heterocycles. The predicted octanol–water partition coefficient (Wildman–Crippen LogP) is 2.59. The Morgan fingerprint density at radius 3 is 2.35 bits per heavy atom. The van der Waals surface area contributed by atoms with Crippen LogP contribution in [0.15, 0.2) is 42.5 Å². The fraction of sp³-hybridized carbons (Fsp3) is 0. The highest BCUT2D eigenvalue weighted by Crippen LogP contribution is 2.17. The molecule has 3 nitrogen and oxygen atoms in total. The lowest BCUT2D eigenvalue weighted by Crippen LogP contribution is -2.13. The maximum Gasteiger partial charge on any atom is 0.141 e. The first-order chi connectivity index (χ1) is 7.66. The summed E-state index contributed by atoms with van der Waals surface area (Å²) in [6, 6.07) is 11.2. The number of benzene rings is 1. The standard InChI is InChI=1S/C12H10FN3.ClH/c13-9-6-4-8(5-7-9)10-2-1-3-11(16-10)12(14)15;/h1-7H,(H3,14,15);1H. The number of nitrogens with two attached hydrogens (primary N) is 1. The number of aromatic nitrogens is 1. The molecule has 0 aliphatic carbocycles. The summed E-state index contributed by atoms with van der Waals surface area (Å²) in [5.74, 6) is -0.365. The molecule has 0 bridgehead atoms. The number of nitrogens with one attached hydrogen (secondary N) is 1. The van der Waals surface area contributed by atoms with Crippen LogP contribution in [0.25, 0.3) is 11.3 Å². The lowest BCUT2D eigenvalue weighted by molar-refractivity contribution is 0.628. The first kappa shape index (κ1) is 13.1. The lowest BCUT2D eigenvalue weighted by Gasteiger charge is -2.03. The smallest absolute Gasteiger partial charge is 0.141 e. The fourth-order valence-corrected chi connectivity index (χ4v) is 1.37. The Morgan fingerprint density at radius 2 is 1.76 bits per heavy atom. The molecule has 1 aromatic carbocycles. The number of nitrogens with zero attached hydrogens (tertiary/aromatic N) is 1. The van der Waals surface area contributed by atoms with Crippen LogP contribution in [0.3, 0.4) is 0 Å². The Labute approximate surface area is 104 Å². The second kappa shape index (κ2) is 5.41. The van der Waals surface area contributed by atoms with Crippen LogP contribution in [0.2, 0.25) is 0 Å². The topological polar surface area (TPSA) is 62.8 Å². The minimum Gasteiger partial charge on any atom is -0.382 e. The van der Waals surface area contributed by atoms with Crippen molar-refractivity contribution < 1.29 is 4.39 Å². The second-order valence-electron chi connectivity index (χ2n) is 3.33. The highest BCUT2D eigenvalue weighted by Gasteiger charge is 2.02. The van der Waals surface area contributed by atoms with Gasteiger partial charge >= 0.3 is 0 Å². The molecule has 0 aliphatic rings. The number of rotatable bonds is 2. The molecule has 17 heavy (non-hydrogen) atoms. The molecule has 88 valence electrons. The lowest BCUT2D eigenvalue weighted by atomic mass is 10.1. The van der Waals surface area contributed by atoms with Crippen LogP contribution in [-0.2, 0) is 0 Å². The average molecular weight is 252 g/mol. The van der Waals surface area contributed by atoms with Gasteiger partial charge in [-0.2, -0.15) is 0 Å². The number of halogens is 2. The van der Waals surface area contributed by atoms with Gasteiger partial charge in [0.2, 0.25) is 0 Å². The van der Waals surface area contributed by atoms with Crippen molar-refractivity contribution >= 4 is 18.2 Å². The Kier molecular flexibility index (Phi) is 4.17. The summed E-state index contributed by atoms with van der Waals surface area (Å²) in [7, 11) is 0. The van der Waals surface area contributed by atoms with Crippen molar-refractivity contribution in [3.05, 3.63) is 54.0 Å². The Morgan fingerprint density at radius 1 is 1.12 bits per heavy atom. The van der Waals surface area contributed by atoms with Crippen LogP contribution in [0.5, 0.6) is 0 Å².